The Hall–Kier alpha value is -2.65. The Morgan fingerprint density at radius 2 is 1.91 bits per heavy atom. The Morgan fingerprint density at radius 1 is 1.29 bits per heavy atom. The zero-order valence-electron chi connectivity index (χ0n) is 19.9. The first kappa shape index (κ1) is 25.4. The van der Waals surface area contributed by atoms with Gasteiger partial charge >= 0.3 is 6.18 Å². The predicted molar refractivity (Wildman–Crippen MR) is 119 cm³/mol. The van der Waals surface area contributed by atoms with E-state index in [-0.39, 0.29) is 48.8 Å². The minimum atomic E-state index is -4.45. The summed E-state index contributed by atoms with van der Waals surface area (Å²) in [6.45, 7) is 2.77. The van der Waals surface area contributed by atoms with E-state index < -0.39 is 29.3 Å². The number of anilines is 1. The monoisotopic (exact) mass is 496 g/mol. The number of nitrogens with one attached hydrogen (secondary N) is 1. The molecule has 1 aliphatic heterocycles. The van der Waals surface area contributed by atoms with Crippen LogP contribution in [0.1, 0.15) is 69.2 Å². The van der Waals surface area contributed by atoms with Gasteiger partial charge in [0.15, 0.2) is 11.4 Å². The average Bonchev–Trinajstić information content (AvgIpc) is 3.50. The van der Waals surface area contributed by atoms with E-state index in [0.29, 0.717) is 25.7 Å². The van der Waals surface area contributed by atoms with Crippen LogP contribution < -0.4 is 11.1 Å². The van der Waals surface area contributed by atoms with Crippen LogP contribution in [-0.2, 0) is 15.1 Å². The highest BCUT2D eigenvalue weighted by Crippen LogP contribution is 2.46. The molecule has 1 aromatic rings. The fourth-order valence-corrected chi connectivity index (χ4v) is 5.23. The van der Waals surface area contributed by atoms with E-state index in [1.54, 1.807) is 23.4 Å². The number of halogens is 3. The maximum Gasteiger partial charge on any atom is 0.419 e. The fourth-order valence-electron chi connectivity index (χ4n) is 5.23. The molecular weight excluding hydrogens is 465 g/mol. The lowest BCUT2D eigenvalue weighted by molar-refractivity contribution is -0.332. The van der Waals surface area contributed by atoms with Gasteiger partial charge in [0.1, 0.15) is 5.56 Å². The van der Waals surface area contributed by atoms with E-state index >= 15 is 0 Å². The van der Waals surface area contributed by atoms with Gasteiger partial charge in [0.2, 0.25) is 5.91 Å². The summed E-state index contributed by atoms with van der Waals surface area (Å²) in [7, 11) is 0. The minimum Gasteiger partial charge on any atom is -0.365 e. The number of carbonyl (C=O) groups is 2. The van der Waals surface area contributed by atoms with Gasteiger partial charge in [-0.05, 0) is 52.4 Å². The summed E-state index contributed by atoms with van der Waals surface area (Å²) in [5.41, 5.74) is 2.70. The number of carbonyl (C=O) groups excluding carboxylic acids is 2. The molecule has 3 fully saturated rings. The van der Waals surface area contributed by atoms with E-state index in [9.17, 15) is 28.0 Å². The highest BCUT2D eigenvalue weighted by atomic mass is 19.4. The first-order chi connectivity index (χ1) is 16.4. The van der Waals surface area contributed by atoms with Crippen LogP contribution >= 0.6 is 0 Å². The smallest absolute Gasteiger partial charge is 0.365 e. The van der Waals surface area contributed by atoms with Crippen molar-refractivity contribution in [2.45, 2.75) is 88.3 Å². The standard InChI is InChI=1S/C23H31F3N6O3/c1-14(2)35-22(23(24,25)26)12-31(13-22)16-5-7-21(8-6-16,9-10-27)32-11-17(18(28)33)19(30-32)29-20(34)15-3-4-15/h11,14-16H,3-9,12-13H2,1-2H3,(H2,28,33)(H,29,30,34)/t16-,21+. The molecule has 2 saturated carbocycles. The number of aromatic nitrogens is 2. The normalized spacial score (nSPS) is 26.7. The number of nitriles is 1. The topological polar surface area (TPSA) is 126 Å². The average molecular weight is 497 g/mol. The molecule has 1 saturated heterocycles. The van der Waals surface area contributed by atoms with Crippen LogP contribution in [-0.4, -0.2) is 63.5 Å². The van der Waals surface area contributed by atoms with Crippen molar-refractivity contribution in [1.82, 2.24) is 14.7 Å². The van der Waals surface area contributed by atoms with Crippen LogP contribution in [0.25, 0.3) is 0 Å². The van der Waals surface area contributed by atoms with Crippen molar-refractivity contribution in [3.63, 3.8) is 0 Å². The number of ether oxygens (including phenoxy) is 1. The number of amides is 2. The molecule has 9 nitrogen and oxygen atoms in total. The summed E-state index contributed by atoms with van der Waals surface area (Å²) >= 11 is 0. The summed E-state index contributed by atoms with van der Waals surface area (Å²) in [4.78, 5) is 26.0. The maximum atomic E-state index is 13.7. The molecule has 3 N–H and O–H groups in total. The molecule has 192 valence electrons. The van der Waals surface area contributed by atoms with Crippen molar-refractivity contribution in [2.24, 2.45) is 11.7 Å². The summed E-state index contributed by atoms with van der Waals surface area (Å²) in [5.74, 6) is -0.968. The van der Waals surface area contributed by atoms with Crippen LogP contribution in [0.15, 0.2) is 6.20 Å². The molecule has 0 bridgehead atoms. The van der Waals surface area contributed by atoms with Crippen LogP contribution in [0.5, 0.6) is 0 Å². The maximum absolute atomic E-state index is 13.7. The predicted octanol–water partition coefficient (Wildman–Crippen LogP) is 2.92. The summed E-state index contributed by atoms with van der Waals surface area (Å²) in [5, 5.41) is 16.6. The largest absolute Gasteiger partial charge is 0.419 e. The van der Waals surface area contributed by atoms with Crippen molar-refractivity contribution in [3.8, 4) is 6.07 Å². The SMILES string of the molecule is CC(C)OC1(C(F)(F)F)CN([C@H]2CC[C@@](CC#N)(n3cc(C(N)=O)c(NC(=O)C4CC4)n3)CC2)C1. The van der Waals surface area contributed by atoms with Gasteiger partial charge in [0.25, 0.3) is 5.91 Å². The molecule has 2 heterocycles. The van der Waals surface area contributed by atoms with Gasteiger partial charge < -0.3 is 15.8 Å². The lowest BCUT2D eigenvalue weighted by atomic mass is 9.75. The number of hydrogen-bond donors (Lipinski definition) is 2. The van der Waals surface area contributed by atoms with Gasteiger partial charge in [-0.1, -0.05) is 0 Å². The first-order valence-corrected chi connectivity index (χ1v) is 12.0. The second-order valence-electron chi connectivity index (χ2n) is 10.3. The Labute approximate surface area is 201 Å². The third-order valence-corrected chi connectivity index (χ3v) is 7.36. The molecule has 2 aliphatic carbocycles. The van der Waals surface area contributed by atoms with Crippen molar-refractivity contribution in [1.29, 1.82) is 5.26 Å². The Morgan fingerprint density at radius 3 is 2.40 bits per heavy atom. The number of nitrogens with two attached hydrogens (primary N) is 1. The number of rotatable bonds is 8. The van der Waals surface area contributed by atoms with Crippen LogP contribution in [0.4, 0.5) is 19.0 Å². The van der Waals surface area contributed by atoms with Crippen molar-refractivity contribution < 1.29 is 27.5 Å². The molecule has 0 radical (unpaired) electrons. The second kappa shape index (κ2) is 9.09. The highest BCUT2D eigenvalue weighted by molar-refractivity contribution is 6.02. The third-order valence-electron chi connectivity index (χ3n) is 7.36. The second-order valence-corrected chi connectivity index (χ2v) is 10.3. The van der Waals surface area contributed by atoms with Gasteiger partial charge in [-0.2, -0.15) is 23.5 Å². The quantitative estimate of drug-likeness (QED) is 0.570. The van der Waals surface area contributed by atoms with Crippen LogP contribution in [0.3, 0.4) is 0 Å². The lowest BCUT2D eigenvalue weighted by Gasteiger charge is -2.55. The van der Waals surface area contributed by atoms with Crippen LogP contribution in [0, 0.1) is 17.2 Å². The fraction of sp³-hybridized carbons (Fsp3) is 0.739. The minimum absolute atomic E-state index is 0.0713. The molecule has 0 aromatic carbocycles. The number of hydrogen-bond acceptors (Lipinski definition) is 6. The highest BCUT2D eigenvalue weighted by Gasteiger charge is 2.64. The summed E-state index contributed by atoms with van der Waals surface area (Å²) < 4.78 is 47.9. The summed E-state index contributed by atoms with van der Waals surface area (Å²) in [6, 6.07) is 2.11. The van der Waals surface area contributed by atoms with Crippen molar-refractivity contribution >= 4 is 17.6 Å². The molecule has 0 unspecified atom stereocenters. The third kappa shape index (κ3) is 4.89. The number of alkyl halides is 3. The van der Waals surface area contributed by atoms with Gasteiger partial charge in [0, 0.05) is 31.2 Å². The molecule has 2 amide bonds. The zero-order chi connectivity index (χ0) is 25.6. The van der Waals surface area contributed by atoms with E-state index in [4.69, 9.17) is 10.5 Å². The Balaban J connectivity index is 1.48. The molecule has 3 aliphatic rings. The Bertz CT molecular complexity index is 1010. The van der Waals surface area contributed by atoms with Crippen molar-refractivity contribution in [2.75, 3.05) is 18.4 Å². The van der Waals surface area contributed by atoms with Gasteiger partial charge in [-0.3, -0.25) is 19.2 Å². The molecule has 4 rings (SSSR count). The molecule has 0 atom stereocenters. The van der Waals surface area contributed by atoms with E-state index in [0.717, 1.165) is 12.8 Å². The van der Waals surface area contributed by atoms with Gasteiger partial charge in [-0.25, -0.2) is 0 Å². The first-order valence-electron chi connectivity index (χ1n) is 12.0. The Kier molecular flexibility index (Phi) is 6.61. The van der Waals surface area contributed by atoms with Crippen molar-refractivity contribution in [3.05, 3.63) is 11.8 Å². The van der Waals surface area contributed by atoms with Crippen LogP contribution in [0.2, 0.25) is 0 Å². The van der Waals surface area contributed by atoms with Gasteiger partial charge in [0.05, 0.1) is 24.1 Å². The molecule has 12 heteroatoms. The molecule has 1 aromatic heterocycles. The zero-order valence-corrected chi connectivity index (χ0v) is 19.9. The van der Waals surface area contributed by atoms with E-state index in [1.807, 2.05) is 0 Å². The van der Waals surface area contributed by atoms with E-state index in [1.165, 1.54) is 6.20 Å². The molecular formula is C23H31F3N6O3. The number of likely N-dealkylation sites (tertiary alicyclic amines) is 1. The van der Waals surface area contributed by atoms with E-state index in [2.05, 4.69) is 16.5 Å². The molecule has 0 spiro atoms. The van der Waals surface area contributed by atoms with Gasteiger partial charge in [-0.15, -0.1) is 0 Å². The number of primary amides is 1. The molecule has 35 heavy (non-hydrogen) atoms. The summed E-state index contributed by atoms with van der Waals surface area (Å²) in [6.07, 6.45) is 0.259. The number of nitrogens with zero attached hydrogens (tertiary/aromatic N) is 4. The lowest BCUT2D eigenvalue weighted by Crippen LogP contribution is -2.73.